The van der Waals surface area contributed by atoms with Crippen molar-refractivity contribution in [3.05, 3.63) is 0 Å². The molecule has 0 heterocycles. The van der Waals surface area contributed by atoms with E-state index in [4.69, 9.17) is 4.74 Å². The van der Waals surface area contributed by atoms with Crippen molar-refractivity contribution < 1.29 is 13.2 Å². The number of ether oxygens (including phenoxy) is 1. The Hall–Kier alpha value is -0.170. The van der Waals surface area contributed by atoms with Gasteiger partial charge in [0.25, 0.3) is 0 Å². The molecule has 0 radical (unpaired) electrons. The highest BCUT2D eigenvalue weighted by molar-refractivity contribution is 7.89. The quantitative estimate of drug-likeness (QED) is 0.595. The van der Waals surface area contributed by atoms with Crippen LogP contribution in [0.4, 0.5) is 0 Å². The molecule has 0 bridgehead atoms. The molecule has 0 amide bonds. The molecule has 6 heteroatoms. The van der Waals surface area contributed by atoms with Gasteiger partial charge in [0, 0.05) is 13.1 Å². The van der Waals surface area contributed by atoms with Crippen molar-refractivity contribution in [3.8, 4) is 0 Å². The smallest absolute Gasteiger partial charge is 0.212 e. The van der Waals surface area contributed by atoms with Crippen LogP contribution in [0.3, 0.4) is 0 Å². The van der Waals surface area contributed by atoms with Gasteiger partial charge in [0.2, 0.25) is 10.0 Å². The fraction of sp³-hybridized carbons (Fsp3) is 1.00. The van der Waals surface area contributed by atoms with E-state index < -0.39 is 10.0 Å². The summed E-state index contributed by atoms with van der Waals surface area (Å²) < 4.78 is 31.5. The molecule has 1 saturated carbocycles. The van der Waals surface area contributed by atoms with Gasteiger partial charge in [-0.15, -0.1) is 0 Å². The summed E-state index contributed by atoms with van der Waals surface area (Å²) in [7, 11) is -3.16. The maximum Gasteiger partial charge on any atom is 0.212 e. The highest BCUT2D eigenvalue weighted by Gasteiger charge is 2.14. The van der Waals surface area contributed by atoms with Crippen LogP contribution in [-0.4, -0.2) is 46.5 Å². The standard InChI is InChI=1S/C13H28N2O3S/c1-2-8-14-10-12-19(16,17)15-9-11-18-13-6-4-3-5-7-13/h13-15H,2-12H2,1H3. The van der Waals surface area contributed by atoms with Gasteiger partial charge in [-0.1, -0.05) is 26.2 Å². The molecule has 5 nitrogen and oxygen atoms in total. The van der Waals surface area contributed by atoms with Gasteiger partial charge in [-0.25, -0.2) is 13.1 Å². The Morgan fingerprint density at radius 3 is 2.53 bits per heavy atom. The summed E-state index contributed by atoms with van der Waals surface area (Å²) in [6.07, 6.45) is 7.37. The molecule has 0 unspecified atom stereocenters. The number of nitrogens with one attached hydrogen (secondary N) is 2. The SMILES string of the molecule is CCCNCCS(=O)(=O)NCCOC1CCCCC1. The monoisotopic (exact) mass is 292 g/mol. The average molecular weight is 292 g/mol. The molecule has 1 aliphatic rings. The molecule has 0 spiro atoms. The van der Waals surface area contributed by atoms with Crippen molar-refractivity contribution in [1.82, 2.24) is 10.0 Å². The van der Waals surface area contributed by atoms with Crippen molar-refractivity contribution in [2.75, 3.05) is 32.0 Å². The highest BCUT2D eigenvalue weighted by Crippen LogP contribution is 2.19. The summed E-state index contributed by atoms with van der Waals surface area (Å²) in [6, 6.07) is 0. The molecule has 2 N–H and O–H groups in total. The molecule has 19 heavy (non-hydrogen) atoms. The number of hydrogen-bond acceptors (Lipinski definition) is 4. The lowest BCUT2D eigenvalue weighted by Gasteiger charge is -2.22. The second kappa shape index (κ2) is 9.69. The van der Waals surface area contributed by atoms with E-state index in [-0.39, 0.29) is 5.75 Å². The van der Waals surface area contributed by atoms with Crippen LogP contribution in [0.2, 0.25) is 0 Å². The van der Waals surface area contributed by atoms with Crippen molar-refractivity contribution in [2.24, 2.45) is 0 Å². The van der Waals surface area contributed by atoms with Crippen LogP contribution < -0.4 is 10.0 Å². The normalized spacial score (nSPS) is 17.7. The Kier molecular flexibility index (Phi) is 8.61. The third-order valence-corrected chi connectivity index (χ3v) is 4.69. The van der Waals surface area contributed by atoms with E-state index in [1.54, 1.807) is 0 Å². The Balaban J connectivity index is 2.03. The van der Waals surface area contributed by atoms with Gasteiger partial charge in [0.05, 0.1) is 18.5 Å². The van der Waals surface area contributed by atoms with Gasteiger partial charge in [-0.3, -0.25) is 0 Å². The molecule has 1 fully saturated rings. The van der Waals surface area contributed by atoms with Crippen LogP contribution in [-0.2, 0) is 14.8 Å². The summed E-state index contributed by atoms with van der Waals surface area (Å²) >= 11 is 0. The Labute approximate surface area is 117 Å². The predicted molar refractivity (Wildman–Crippen MR) is 77.8 cm³/mol. The van der Waals surface area contributed by atoms with Crippen molar-refractivity contribution >= 4 is 10.0 Å². The second-order valence-electron chi connectivity index (χ2n) is 5.09. The first-order valence-electron chi connectivity index (χ1n) is 7.43. The first-order chi connectivity index (χ1) is 9.14. The van der Waals surface area contributed by atoms with Gasteiger partial charge >= 0.3 is 0 Å². The fourth-order valence-corrected chi connectivity index (χ4v) is 3.19. The van der Waals surface area contributed by atoms with Gasteiger partial charge in [0.15, 0.2) is 0 Å². The topological polar surface area (TPSA) is 67.4 Å². The van der Waals surface area contributed by atoms with Gasteiger partial charge < -0.3 is 10.1 Å². The van der Waals surface area contributed by atoms with Crippen molar-refractivity contribution in [3.63, 3.8) is 0 Å². The Morgan fingerprint density at radius 1 is 1.11 bits per heavy atom. The molecule has 0 saturated heterocycles. The fourth-order valence-electron chi connectivity index (χ4n) is 2.24. The summed E-state index contributed by atoms with van der Waals surface area (Å²) in [5, 5.41) is 3.08. The average Bonchev–Trinajstić information content (AvgIpc) is 2.41. The minimum absolute atomic E-state index is 0.135. The van der Waals surface area contributed by atoms with Crippen LogP contribution >= 0.6 is 0 Å². The zero-order valence-electron chi connectivity index (χ0n) is 12.0. The van der Waals surface area contributed by atoms with E-state index in [0.717, 1.165) is 25.8 Å². The number of hydrogen-bond donors (Lipinski definition) is 2. The molecular formula is C13H28N2O3S. The predicted octanol–water partition coefficient (Wildman–Crippen LogP) is 1.25. The summed E-state index contributed by atoms with van der Waals surface area (Å²) in [4.78, 5) is 0. The van der Waals surface area contributed by atoms with E-state index in [1.807, 2.05) is 0 Å². The lowest BCUT2D eigenvalue weighted by molar-refractivity contribution is 0.0321. The third-order valence-electron chi connectivity index (χ3n) is 3.30. The Morgan fingerprint density at radius 2 is 1.84 bits per heavy atom. The molecule has 0 aromatic rings. The van der Waals surface area contributed by atoms with Gasteiger partial charge in [-0.05, 0) is 25.8 Å². The largest absolute Gasteiger partial charge is 0.377 e. The van der Waals surface area contributed by atoms with E-state index in [9.17, 15) is 8.42 Å². The van der Waals surface area contributed by atoms with Crippen LogP contribution in [0.5, 0.6) is 0 Å². The molecule has 0 aliphatic heterocycles. The van der Waals surface area contributed by atoms with Gasteiger partial charge in [0.1, 0.15) is 0 Å². The zero-order valence-corrected chi connectivity index (χ0v) is 12.8. The van der Waals surface area contributed by atoms with Crippen LogP contribution in [0, 0.1) is 0 Å². The minimum atomic E-state index is -3.16. The molecule has 0 aromatic heterocycles. The first-order valence-corrected chi connectivity index (χ1v) is 9.09. The van der Waals surface area contributed by atoms with E-state index in [2.05, 4.69) is 17.0 Å². The van der Waals surface area contributed by atoms with Crippen molar-refractivity contribution in [1.29, 1.82) is 0 Å². The number of sulfonamides is 1. The summed E-state index contributed by atoms with van der Waals surface area (Å²) in [6.45, 7) is 4.29. The molecular weight excluding hydrogens is 264 g/mol. The molecule has 0 aromatic carbocycles. The summed E-state index contributed by atoms with van der Waals surface area (Å²) in [5.74, 6) is 0.135. The minimum Gasteiger partial charge on any atom is -0.377 e. The first kappa shape index (κ1) is 16.9. The molecule has 114 valence electrons. The highest BCUT2D eigenvalue weighted by atomic mass is 32.2. The second-order valence-corrected chi connectivity index (χ2v) is 7.02. The van der Waals surface area contributed by atoms with E-state index in [0.29, 0.717) is 25.8 Å². The maximum atomic E-state index is 11.6. The molecule has 1 aliphatic carbocycles. The van der Waals surface area contributed by atoms with Gasteiger partial charge in [-0.2, -0.15) is 0 Å². The lowest BCUT2D eigenvalue weighted by Crippen LogP contribution is -2.34. The van der Waals surface area contributed by atoms with Crippen LogP contribution in [0.25, 0.3) is 0 Å². The number of rotatable bonds is 10. The van der Waals surface area contributed by atoms with Crippen molar-refractivity contribution in [2.45, 2.75) is 51.6 Å². The maximum absolute atomic E-state index is 11.6. The van der Waals surface area contributed by atoms with E-state index in [1.165, 1.54) is 19.3 Å². The van der Waals surface area contributed by atoms with Crippen LogP contribution in [0.1, 0.15) is 45.4 Å². The third kappa shape index (κ3) is 8.57. The Bertz CT molecular complexity index is 314. The van der Waals surface area contributed by atoms with E-state index >= 15 is 0 Å². The lowest BCUT2D eigenvalue weighted by atomic mass is 9.98. The molecule has 0 atom stereocenters. The summed E-state index contributed by atoms with van der Waals surface area (Å²) in [5.41, 5.74) is 0. The molecule has 1 rings (SSSR count). The zero-order chi connectivity index (χ0) is 14.0. The van der Waals surface area contributed by atoms with Crippen LogP contribution in [0.15, 0.2) is 0 Å².